The van der Waals surface area contributed by atoms with E-state index in [1.165, 1.54) is 4.88 Å². The molecule has 5 heterocycles. The average Bonchev–Trinajstić information content (AvgIpc) is 3.73. The zero-order chi connectivity index (χ0) is 28.6. The molecule has 0 radical (unpaired) electrons. The molecule has 1 aliphatic rings. The topological polar surface area (TPSA) is 81.8 Å². The highest BCUT2D eigenvalue weighted by molar-refractivity contribution is 7.16. The van der Waals surface area contributed by atoms with Crippen LogP contribution in [0.5, 0.6) is 0 Å². The van der Waals surface area contributed by atoms with Crippen LogP contribution >= 0.6 is 11.3 Å². The Morgan fingerprint density at radius 3 is 2.62 bits per heavy atom. The van der Waals surface area contributed by atoms with Crippen LogP contribution in [0, 0.1) is 0 Å². The van der Waals surface area contributed by atoms with Crippen molar-refractivity contribution in [2.24, 2.45) is 4.99 Å². The Kier molecular flexibility index (Phi) is 6.49. The third-order valence-electron chi connectivity index (χ3n) is 7.33. The maximum Gasteiger partial charge on any atom is 0.116 e. The summed E-state index contributed by atoms with van der Waals surface area (Å²) in [6, 6.07) is 24.9. The number of hydrogen-bond acceptors (Lipinski definition) is 5. The molecule has 0 saturated heterocycles. The van der Waals surface area contributed by atoms with Gasteiger partial charge in [-0.25, -0.2) is 0 Å². The highest BCUT2D eigenvalue weighted by Gasteiger charge is 2.16. The van der Waals surface area contributed by atoms with E-state index >= 15 is 0 Å². The smallest absolute Gasteiger partial charge is 0.116 e. The van der Waals surface area contributed by atoms with Crippen molar-refractivity contribution in [3.05, 3.63) is 126 Å². The summed E-state index contributed by atoms with van der Waals surface area (Å²) in [5.74, 6) is 0. The van der Waals surface area contributed by atoms with Gasteiger partial charge in [-0.2, -0.15) is 5.10 Å². The normalized spacial score (nSPS) is 13.2. The Balaban J connectivity index is 1.24. The quantitative estimate of drug-likeness (QED) is 0.182. The van der Waals surface area contributed by atoms with Crippen molar-refractivity contribution in [1.82, 2.24) is 25.5 Å². The van der Waals surface area contributed by atoms with E-state index in [9.17, 15) is 0 Å². The second kappa shape index (κ2) is 10.6. The third kappa shape index (κ3) is 4.80. The number of allylic oxidation sites excluding steroid dienone is 4. The molecule has 7 heteroatoms. The summed E-state index contributed by atoms with van der Waals surface area (Å²) in [5, 5.41) is 13.5. The lowest BCUT2D eigenvalue weighted by Gasteiger charge is -2.11. The molecule has 0 atom stereocenters. The first-order chi connectivity index (χ1) is 20.5. The van der Waals surface area contributed by atoms with E-state index < -0.39 is 0 Å². The second-order valence-electron chi connectivity index (χ2n) is 10.3. The number of nitrogens with one attached hydrogen (secondary N) is 3. The van der Waals surface area contributed by atoms with Gasteiger partial charge in [0, 0.05) is 39.3 Å². The first kappa shape index (κ1) is 25.7. The Hall–Kier alpha value is -5.27. The first-order valence-corrected chi connectivity index (χ1v) is 14.5. The SMILES string of the molecule is C=C(NC1=CC(c2ccc3[nH]nc(-c4cc5c(-c6ccc(C(=C)C)s6)nccc5[nH]4)c3c2)=CCN=C1)c1ccccc1. The molecule has 2 aromatic carbocycles. The van der Waals surface area contributed by atoms with Gasteiger partial charge in [-0.15, -0.1) is 11.3 Å². The van der Waals surface area contributed by atoms with Crippen LogP contribution < -0.4 is 5.32 Å². The predicted octanol–water partition coefficient (Wildman–Crippen LogP) is 8.48. The number of aromatic nitrogens is 4. The monoisotopic (exact) mass is 564 g/mol. The van der Waals surface area contributed by atoms with Crippen molar-refractivity contribution in [3.63, 3.8) is 0 Å². The Morgan fingerprint density at radius 1 is 0.929 bits per heavy atom. The lowest BCUT2D eigenvalue weighted by Crippen LogP contribution is -2.12. The Labute approximate surface area is 247 Å². The van der Waals surface area contributed by atoms with Crippen molar-refractivity contribution in [3.8, 4) is 22.0 Å². The van der Waals surface area contributed by atoms with Crippen LogP contribution in [0.2, 0.25) is 0 Å². The Morgan fingerprint density at radius 2 is 1.79 bits per heavy atom. The highest BCUT2D eigenvalue weighted by Crippen LogP contribution is 2.37. The van der Waals surface area contributed by atoms with Crippen LogP contribution in [0.15, 0.2) is 115 Å². The number of aromatic amines is 2. The lowest BCUT2D eigenvalue weighted by atomic mass is 10.0. The second-order valence-corrected chi connectivity index (χ2v) is 11.4. The fourth-order valence-corrected chi connectivity index (χ4v) is 6.13. The number of H-pyrrole nitrogens is 2. The number of thiophene rings is 1. The van der Waals surface area contributed by atoms with Gasteiger partial charge in [0.1, 0.15) is 5.69 Å². The summed E-state index contributed by atoms with van der Waals surface area (Å²) < 4.78 is 0. The van der Waals surface area contributed by atoms with E-state index in [1.54, 1.807) is 11.3 Å². The molecule has 0 amide bonds. The van der Waals surface area contributed by atoms with Crippen LogP contribution in [-0.2, 0) is 0 Å². The highest BCUT2D eigenvalue weighted by atomic mass is 32.1. The van der Waals surface area contributed by atoms with Gasteiger partial charge in [0.2, 0.25) is 0 Å². The van der Waals surface area contributed by atoms with Crippen molar-refractivity contribution in [2.45, 2.75) is 6.92 Å². The van der Waals surface area contributed by atoms with Gasteiger partial charge in [-0.1, -0.05) is 55.6 Å². The van der Waals surface area contributed by atoms with Crippen molar-refractivity contribution in [1.29, 1.82) is 0 Å². The van der Waals surface area contributed by atoms with E-state index in [0.29, 0.717) is 6.54 Å². The molecule has 4 aromatic heterocycles. The molecule has 3 N–H and O–H groups in total. The van der Waals surface area contributed by atoms with E-state index in [1.807, 2.05) is 55.7 Å². The maximum absolute atomic E-state index is 4.73. The fraction of sp³-hybridized carbons (Fsp3) is 0.0571. The number of hydrogen-bond donors (Lipinski definition) is 3. The van der Waals surface area contributed by atoms with Crippen molar-refractivity contribution in [2.75, 3.05) is 6.54 Å². The Bertz CT molecular complexity index is 2080. The van der Waals surface area contributed by atoms with Gasteiger partial charge in [-0.05, 0) is 71.7 Å². The zero-order valence-electron chi connectivity index (χ0n) is 23.1. The van der Waals surface area contributed by atoms with Crippen LogP contribution in [0.3, 0.4) is 0 Å². The predicted molar refractivity (Wildman–Crippen MR) is 177 cm³/mol. The maximum atomic E-state index is 4.73. The first-order valence-electron chi connectivity index (χ1n) is 13.7. The van der Waals surface area contributed by atoms with Gasteiger partial charge < -0.3 is 10.3 Å². The van der Waals surface area contributed by atoms with Gasteiger partial charge in [-0.3, -0.25) is 15.1 Å². The molecule has 0 fully saturated rings. The molecule has 0 bridgehead atoms. The molecular weight excluding hydrogens is 536 g/mol. The lowest BCUT2D eigenvalue weighted by molar-refractivity contribution is 1.12. The third-order valence-corrected chi connectivity index (χ3v) is 8.59. The average molecular weight is 565 g/mol. The number of aliphatic imine (C=N–C) groups is 1. The summed E-state index contributed by atoms with van der Waals surface area (Å²) >= 11 is 1.71. The molecule has 42 heavy (non-hydrogen) atoms. The number of fused-ring (bicyclic) bond motifs is 2. The minimum Gasteiger partial charge on any atom is -0.354 e. The molecule has 0 aliphatic carbocycles. The molecule has 6 aromatic rings. The minimum atomic E-state index is 0.596. The summed E-state index contributed by atoms with van der Waals surface area (Å²) in [6.45, 7) is 10.9. The number of rotatable bonds is 7. The van der Waals surface area contributed by atoms with E-state index in [4.69, 9.17) is 10.1 Å². The van der Waals surface area contributed by atoms with E-state index in [-0.39, 0.29) is 0 Å². The zero-order valence-corrected chi connectivity index (χ0v) is 23.9. The van der Waals surface area contributed by atoms with Gasteiger partial charge in [0.15, 0.2) is 0 Å². The van der Waals surface area contributed by atoms with Crippen LogP contribution in [0.1, 0.15) is 22.9 Å². The van der Waals surface area contributed by atoms with Gasteiger partial charge in [0.05, 0.1) is 34.0 Å². The molecule has 0 saturated carbocycles. The van der Waals surface area contributed by atoms with E-state index in [0.717, 1.165) is 77.4 Å². The molecular formula is C35H28N6S. The largest absolute Gasteiger partial charge is 0.354 e. The molecule has 0 unspecified atom stereocenters. The van der Waals surface area contributed by atoms with E-state index in [2.05, 4.69) is 82.1 Å². The summed E-state index contributed by atoms with van der Waals surface area (Å²) in [6.07, 6.45) is 7.97. The van der Waals surface area contributed by atoms with Crippen molar-refractivity contribution < 1.29 is 0 Å². The van der Waals surface area contributed by atoms with Gasteiger partial charge >= 0.3 is 0 Å². The fourth-order valence-electron chi connectivity index (χ4n) is 5.19. The molecule has 7 rings (SSSR count). The summed E-state index contributed by atoms with van der Waals surface area (Å²) in [5.41, 5.74) is 10.7. The number of benzene rings is 2. The molecule has 0 spiro atoms. The minimum absolute atomic E-state index is 0.596. The standard InChI is InChI=1S/C35H28N6S/c1-21(2)32-11-12-33(42-32)35-28-19-31(39-29(28)14-16-37-35)34-27-18-24(9-10-30(27)40-41-34)25-13-15-36-20-26(17-25)38-22(3)23-7-5-4-6-8-23/h4-14,16-20,38-39H,1,3,15H2,2H3,(H,40,41). The van der Waals surface area contributed by atoms with Crippen LogP contribution in [0.25, 0.3) is 60.6 Å². The molecule has 6 nitrogen and oxygen atoms in total. The summed E-state index contributed by atoms with van der Waals surface area (Å²) in [7, 11) is 0. The number of pyridine rings is 1. The van der Waals surface area contributed by atoms with Gasteiger partial charge in [0.25, 0.3) is 0 Å². The summed E-state index contributed by atoms with van der Waals surface area (Å²) in [4.78, 5) is 15.2. The molecule has 204 valence electrons. The molecule has 1 aliphatic heterocycles. The van der Waals surface area contributed by atoms with Crippen molar-refractivity contribution >= 4 is 56.2 Å². The van der Waals surface area contributed by atoms with Crippen LogP contribution in [-0.4, -0.2) is 32.9 Å². The number of nitrogens with zero attached hydrogens (tertiary/aromatic N) is 3. The van der Waals surface area contributed by atoms with Crippen LogP contribution in [0.4, 0.5) is 0 Å².